The quantitative estimate of drug-likeness (QED) is 0.369. The summed E-state index contributed by atoms with van der Waals surface area (Å²) in [4.78, 5) is 21.9. The normalized spacial score (nSPS) is 13.7. The van der Waals surface area contributed by atoms with Gasteiger partial charge >= 0.3 is 0 Å². The number of benzene rings is 3. The predicted octanol–water partition coefficient (Wildman–Crippen LogP) is 5.42. The number of nitrogens with zero attached hydrogens (tertiary/aromatic N) is 3. The maximum Gasteiger partial charge on any atom is 0.251 e. The Morgan fingerprint density at radius 1 is 0.973 bits per heavy atom. The first-order chi connectivity index (χ1) is 18.0. The van der Waals surface area contributed by atoms with Crippen molar-refractivity contribution in [3.8, 4) is 5.75 Å². The van der Waals surface area contributed by atoms with Gasteiger partial charge in [-0.2, -0.15) is 0 Å². The van der Waals surface area contributed by atoms with Gasteiger partial charge in [0.05, 0.1) is 11.8 Å². The third-order valence-corrected chi connectivity index (χ3v) is 6.53. The molecule has 1 aromatic heterocycles. The van der Waals surface area contributed by atoms with E-state index < -0.39 is 0 Å². The van der Waals surface area contributed by atoms with Crippen molar-refractivity contribution < 1.29 is 13.9 Å². The molecule has 0 radical (unpaired) electrons. The number of fused-ring (bicyclic) bond motifs is 1. The smallest absolute Gasteiger partial charge is 0.251 e. The Kier molecular flexibility index (Phi) is 7.21. The maximum absolute atomic E-state index is 14.2. The van der Waals surface area contributed by atoms with Gasteiger partial charge in [0.1, 0.15) is 17.4 Å². The summed E-state index contributed by atoms with van der Waals surface area (Å²) in [5, 5.41) is 4.97. The van der Waals surface area contributed by atoms with Gasteiger partial charge in [-0.25, -0.2) is 9.37 Å². The van der Waals surface area contributed by atoms with Crippen LogP contribution in [0.4, 0.5) is 15.9 Å². The van der Waals surface area contributed by atoms with Gasteiger partial charge in [0.2, 0.25) is 0 Å². The lowest BCUT2D eigenvalue weighted by Crippen LogP contribution is -2.47. The number of hydrogen-bond acceptors (Lipinski definition) is 5. The van der Waals surface area contributed by atoms with Crippen molar-refractivity contribution in [3.63, 3.8) is 0 Å². The standard InChI is InChI=1S/C30H31FN4O2/c1-21(2)37-25-11-7-22(8-12-25)20-33-30(36)24-10-9-23-13-14-32-29(26(23)19-24)35-17-15-34(16-18-35)28-6-4-3-5-27(28)31/h3-14,19,21H,15-18,20H2,1-2H3,(H,33,36). The summed E-state index contributed by atoms with van der Waals surface area (Å²) in [7, 11) is 0. The number of amides is 1. The number of piperazine rings is 1. The van der Waals surface area contributed by atoms with E-state index in [4.69, 9.17) is 4.74 Å². The monoisotopic (exact) mass is 498 g/mol. The number of anilines is 2. The van der Waals surface area contributed by atoms with Gasteiger partial charge in [0.25, 0.3) is 5.91 Å². The van der Waals surface area contributed by atoms with Crippen LogP contribution in [0, 0.1) is 5.82 Å². The van der Waals surface area contributed by atoms with Crippen LogP contribution in [0.5, 0.6) is 5.75 Å². The Hall–Kier alpha value is -4.13. The molecule has 0 unspecified atom stereocenters. The number of rotatable bonds is 7. The second-order valence-corrected chi connectivity index (χ2v) is 9.49. The summed E-state index contributed by atoms with van der Waals surface area (Å²) in [6, 6.07) is 22.3. The molecule has 1 N–H and O–H groups in total. The highest BCUT2D eigenvalue weighted by Crippen LogP contribution is 2.28. The third-order valence-electron chi connectivity index (χ3n) is 6.53. The van der Waals surface area contributed by atoms with Crippen LogP contribution >= 0.6 is 0 Å². The summed E-state index contributed by atoms with van der Waals surface area (Å²) >= 11 is 0. The molecule has 0 bridgehead atoms. The highest BCUT2D eigenvalue weighted by atomic mass is 19.1. The van der Waals surface area contributed by atoms with Gasteiger partial charge < -0.3 is 19.9 Å². The zero-order valence-electron chi connectivity index (χ0n) is 21.2. The molecule has 1 aliphatic rings. The minimum absolute atomic E-state index is 0.119. The number of pyridine rings is 1. The second kappa shape index (κ2) is 10.9. The first kappa shape index (κ1) is 24.6. The number of carbonyl (C=O) groups is 1. The number of para-hydroxylation sites is 1. The predicted molar refractivity (Wildman–Crippen MR) is 146 cm³/mol. The molecule has 190 valence electrons. The summed E-state index contributed by atoms with van der Waals surface area (Å²) < 4.78 is 19.9. The van der Waals surface area contributed by atoms with Crippen LogP contribution in [0.15, 0.2) is 79.0 Å². The van der Waals surface area contributed by atoms with Gasteiger partial charge in [-0.3, -0.25) is 4.79 Å². The highest BCUT2D eigenvalue weighted by molar-refractivity contribution is 6.01. The molecule has 3 aromatic carbocycles. The Balaban J connectivity index is 1.27. The fourth-order valence-electron chi connectivity index (χ4n) is 4.66. The molecule has 1 amide bonds. The fraction of sp³-hybridized carbons (Fsp3) is 0.267. The molecule has 0 atom stereocenters. The number of ether oxygens (including phenoxy) is 1. The second-order valence-electron chi connectivity index (χ2n) is 9.49. The van der Waals surface area contributed by atoms with Gasteiger partial charge in [-0.15, -0.1) is 0 Å². The molecule has 1 fully saturated rings. The van der Waals surface area contributed by atoms with Crippen molar-refractivity contribution in [1.29, 1.82) is 0 Å². The fourth-order valence-corrected chi connectivity index (χ4v) is 4.66. The van der Waals surface area contributed by atoms with Gasteiger partial charge in [-0.05, 0) is 67.3 Å². The minimum Gasteiger partial charge on any atom is -0.491 e. The van der Waals surface area contributed by atoms with Crippen molar-refractivity contribution in [2.24, 2.45) is 0 Å². The average molecular weight is 499 g/mol. The van der Waals surface area contributed by atoms with E-state index in [1.165, 1.54) is 6.07 Å². The SMILES string of the molecule is CC(C)Oc1ccc(CNC(=O)c2ccc3ccnc(N4CCN(c5ccccc5F)CC4)c3c2)cc1. The molecule has 0 spiro atoms. The van der Waals surface area contributed by atoms with Crippen LogP contribution in [0.25, 0.3) is 10.8 Å². The van der Waals surface area contributed by atoms with Gasteiger partial charge in [0, 0.05) is 49.9 Å². The van der Waals surface area contributed by atoms with Crippen molar-refractivity contribution in [2.45, 2.75) is 26.5 Å². The molecular weight excluding hydrogens is 467 g/mol. The maximum atomic E-state index is 14.2. The number of aromatic nitrogens is 1. The Bertz CT molecular complexity index is 1380. The molecule has 1 aliphatic heterocycles. The van der Waals surface area contributed by atoms with E-state index in [1.807, 2.05) is 74.5 Å². The zero-order valence-corrected chi connectivity index (χ0v) is 21.2. The van der Waals surface area contributed by atoms with Crippen LogP contribution < -0.4 is 19.9 Å². The van der Waals surface area contributed by atoms with Crippen LogP contribution in [0.3, 0.4) is 0 Å². The third kappa shape index (κ3) is 5.66. The molecule has 0 aliphatic carbocycles. The highest BCUT2D eigenvalue weighted by Gasteiger charge is 2.22. The van der Waals surface area contributed by atoms with E-state index in [1.54, 1.807) is 12.3 Å². The van der Waals surface area contributed by atoms with Crippen molar-refractivity contribution >= 4 is 28.2 Å². The Morgan fingerprint density at radius 2 is 1.70 bits per heavy atom. The molecule has 37 heavy (non-hydrogen) atoms. The number of nitrogens with one attached hydrogen (secondary N) is 1. The van der Waals surface area contributed by atoms with Crippen molar-refractivity contribution in [2.75, 3.05) is 36.0 Å². The molecule has 4 aromatic rings. The first-order valence-corrected chi connectivity index (χ1v) is 12.6. The van der Waals surface area contributed by atoms with Crippen LogP contribution in [-0.2, 0) is 6.54 Å². The lowest BCUT2D eigenvalue weighted by Gasteiger charge is -2.37. The average Bonchev–Trinajstić information content (AvgIpc) is 2.92. The number of carbonyl (C=O) groups excluding carboxylic acids is 1. The Labute approximate surface area is 216 Å². The molecule has 7 heteroatoms. The van der Waals surface area contributed by atoms with Crippen LogP contribution in [-0.4, -0.2) is 43.2 Å². The van der Waals surface area contributed by atoms with E-state index in [0.29, 0.717) is 44.0 Å². The lowest BCUT2D eigenvalue weighted by molar-refractivity contribution is 0.0951. The molecular formula is C30H31FN4O2. The summed E-state index contributed by atoms with van der Waals surface area (Å²) in [6.07, 6.45) is 1.92. The van der Waals surface area contributed by atoms with E-state index in [0.717, 1.165) is 27.9 Å². The van der Waals surface area contributed by atoms with Gasteiger partial charge in [-0.1, -0.05) is 30.3 Å². The topological polar surface area (TPSA) is 57.7 Å². The molecule has 6 nitrogen and oxygen atoms in total. The summed E-state index contributed by atoms with van der Waals surface area (Å²) in [5.41, 5.74) is 2.22. The molecule has 0 saturated carbocycles. The van der Waals surface area contributed by atoms with Crippen LogP contribution in [0.2, 0.25) is 0 Å². The number of hydrogen-bond donors (Lipinski definition) is 1. The zero-order chi connectivity index (χ0) is 25.8. The van der Waals surface area contributed by atoms with E-state index in [9.17, 15) is 9.18 Å². The summed E-state index contributed by atoms with van der Waals surface area (Å²) in [6.45, 7) is 7.23. The molecule has 1 saturated heterocycles. The minimum atomic E-state index is -0.199. The van der Waals surface area contributed by atoms with Crippen molar-refractivity contribution in [1.82, 2.24) is 10.3 Å². The van der Waals surface area contributed by atoms with Gasteiger partial charge in [0.15, 0.2) is 0 Å². The summed E-state index contributed by atoms with van der Waals surface area (Å²) in [5.74, 6) is 1.33. The molecule has 5 rings (SSSR count). The van der Waals surface area contributed by atoms with E-state index in [2.05, 4.69) is 20.1 Å². The lowest BCUT2D eigenvalue weighted by atomic mass is 10.1. The first-order valence-electron chi connectivity index (χ1n) is 12.6. The van der Waals surface area contributed by atoms with E-state index >= 15 is 0 Å². The Morgan fingerprint density at radius 3 is 2.43 bits per heavy atom. The van der Waals surface area contributed by atoms with E-state index in [-0.39, 0.29) is 17.8 Å². The number of halogens is 1. The van der Waals surface area contributed by atoms with Crippen LogP contribution in [0.1, 0.15) is 29.8 Å². The largest absolute Gasteiger partial charge is 0.491 e. The van der Waals surface area contributed by atoms with Crippen molar-refractivity contribution in [3.05, 3.63) is 95.9 Å². The molecule has 2 heterocycles.